The van der Waals surface area contributed by atoms with Crippen LogP contribution in [0.5, 0.6) is 0 Å². The van der Waals surface area contributed by atoms with Crippen molar-refractivity contribution >= 4 is 23.8 Å². The highest BCUT2D eigenvalue weighted by Crippen LogP contribution is 2.54. The van der Waals surface area contributed by atoms with Crippen molar-refractivity contribution in [3.8, 4) is 0 Å². The first kappa shape index (κ1) is 12.3. The van der Waals surface area contributed by atoms with E-state index < -0.39 is 23.5 Å². The van der Waals surface area contributed by atoms with E-state index in [0.29, 0.717) is 13.0 Å². The lowest BCUT2D eigenvalue weighted by Crippen LogP contribution is -2.48. The number of allylic oxidation sites excluding steroid dienone is 1. The topological polar surface area (TPSA) is 77.8 Å². The molecule has 0 saturated carbocycles. The van der Waals surface area contributed by atoms with Crippen LogP contribution in [0.25, 0.3) is 0 Å². The lowest BCUT2D eigenvalue weighted by molar-refractivity contribution is -0.145. The molecular formula is C11H15NO4S. The Morgan fingerprint density at radius 2 is 2.24 bits per heavy atom. The van der Waals surface area contributed by atoms with Crippen molar-refractivity contribution < 1.29 is 19.8 Å². The normalized spacial score (nSPS) is 35.6. The van der Waals surface area contributed by atoms with Gasteiger partial charge in [-0.05, 0) is 18.6 Å². The summed E-state index contributed by atoms with van der Waals surface area (Å²) in [6, 6.07) is -0.932. The molecule has 1 amide bonds. The number of hydrogen-bond donors (Lipinski definition) is 2. The molecule has 2 rings (SSSR count). The van der Waals surface area contributed by atoms with Gasteiger partial charge in [-0.15, -0.1) is 6.58 Å². The molecule has 17 heavy (non-hydrogen) atoms. The molecule has 94 valence electrons. The minimum absolute atomic E-state index is 0.0812. The van der Waals surface area contributed by atoms with E-state index in [1.54, 1.807) is 17.8 Å². The second-order valence-electron chi connectivity index (χ2n) is 4.51. The first-order valence-electron chi connectivity index (χ1n) is 5.48. The van der Waals surface area contributed by atoms with Crippen molar-refractivity contribution in [2.75, 3.05) is 12.3 Å². The van der Waals surface area contributed by atoms with Crippen LogP contribution in [0.3, 0.4) is 0 Å². The molecule has 0 aliphatic carbocycles. The number of likely N-dealkylation sites (tertiary alicyclic amines) is 1. The summed E-state index contributed by atoms with van der Waals surface area (Å²) in [5, 5.41) is 18.5. The van der Waals surface area contributed by atoms with Gasteiger partial charge in [0.25, 0.3) is 0 Å². The molecule has 0 aromatic heterocycles. The maximum atomic E-state index is 11.4. The zero-order chi connectivity index (χ0) is 12.6. The third kappa shape index (κ3) is 1.71. The van der Waals surface area contributed by atoms with Crippen molar-refractivity contribution in [1.82, 2.24) is 4.90 Å². The van der Waals surface area contributed by atoms with Crippen LogP contribution >= 0.6 is 11.8 Å². The lowest BCUT2D eigenvalue weighted by atomic mass is 9.75. The molecule has 0 aromatic carbocycles. The van der Waals surface area contributed by atoms with Gasteiger partial charge < -0.3 is 10.2 Å². The number of carbonyl (C=O) groups is 2. The van der Waals surface area contributed by atoms with Gasteiger partial charge in [-0.25, -0.2) is 9.59 Å². The molecule has 2 N–H and O–H groups in total. The molecular weight excluding hydrogens is 242 g/mol. The van der Waals surface area contributed by atoms with Gasteiger partial charge in [0, 0.05) is 17.2 Å². The Balaban J connectivity index is 2.39. The molecule has 0 aromatic rings. The Kier molecular flexibility index (Phi) is 3.07. The largest absolute Gasteiger partial charge is 0.480 e. The summed E-state index contributed by atoms with van der Waals surface area (Å²) in [4.78, 5) is 23.6. The van der Waals surface area contributed by atoms with Crippen molar-refractivity contribution in [3.05, 3.63) is 12.7 Å². The van der Waals surface area contributed by atoms with Crippen LogP contribution < -0.4 is 0 Å². The molecule has 0 bridgehead atoms. The number of carboxylic acid groups (broad SMARTS) is 2. The Bertz CT molecular complexity index is 372. The fourth-order valence-corrected chi connectivity index (χ4v) is 4.76. The van der Waals surface area contributed by atoms with Gasteiger partial charge in [-0.3, -0.25) is 4.90 Å². The Morgan fingerprint density at radius 3 is 2.76 bits per heavy atom. The molecule has 0 radical (unpaired) electrons. The van der Waals surface area contributed by atoms with Gasteiger partial charge in [0.1, 0.15) is 6.04 Å². The van der Waals surface area contributed by atoms with Gasteiger partial charge in [0.05, 0.1) is 0 Å². The molecule has 0 unspecified atom stereocenters. The van der Waals surface area contributed by atoms with Crippen LogP contribution in [0.15, 0.2) is 12.7 Å². The average molecular weight is 257 g/mol. The highest BCUT2D eigenvalue weighted by molar-refractivity contribution is 8.00. The molecule has 0 spiro atoms. The highest BCUT2D eigenvalue weighted by atomic mass is 32.2. The third-order valence-electron chi connectivity index (χ3n) is 3.75. The third-order valence-corrected chi connectivity index (χ3v) is 5.21. The van der Waals surface area contributed by atoms with Crippen LogP contribution in [0.1, 0.15) is 12.8 Å². The van der Waals surface area contributed by atoms with Gasteiger partial charge in [-0.1, -0.05) is 6.08 Å². The summed E-state index contributed by atoms with van der Waals surface area (Å²) < 4.78 is 0. The van der Waals surface area contributed by atoms with Crippen molar-refractivity contribution in [3.63, 3.8) is 0 Å². The lowest BCUT2D eigenvalue weighted by Gasteiger charge is -2.32. The Labute approximate surface area is 103 Å². The van der Waals surface area contributed by atoms with Gasteiger partial charge in [0.2, 0.25) is 0 Å². The van der Waals surface area contributed by atoms with E-state index in [0.717, 1.165) is 17.1 Å². The van der Waals surface area contributed by atoms with Gasteiger partial charge in [0.15, 0.2) is 0 Å². The molecule has 6 heteroatoms. The second-order valence-corrected chi connectivity index (χ2v) is 5.82. The maximum Gasteiger partial charge on any atom is 0.408 e. The van der Waals surface area contributed by atoms with Crippen molar-refractivity contribution in [1.29, 1.82) is 0 Å². The second kappa shape index (κ2) is 4.25. The predicted molar refractivity (Wildman–Crippen MR) is 64.3 cm³/mol. The van der Waals surface area contributed by atoms with Crippen LogP contribution in [0.4, 0.5) is 4.79 Å². The highest BCUT2D eigenvalue weighted by Gasteiger charge is 2.60. The fourth-order valence-electron chi connectivity index (χ4n) is 3.04. The van der Waals surface area contributed by atoms with Crippen molar-refractivity contribution in [2.45, 2.75) is 24.1 Å². The van der Waals surface area contributed by atoms with Crippen molar-refractivity contribution in [2.24, 2.45) is 5.41 Å². The summed E-state index contributed by atoms with van der Waals surface area (Å²) in [6.45, 7) is 3.99. The number of fused-ring (bicyclic) bond motifs is 1. The zero-order valence-corrected chi connectivity index (χ0v) is 10.2. The number of aliphatic carboxylic acids is 1. The van der Waals surface area contributed by atoms with Gasteiger partial charge >= 0.3 is 12.1 Å². The van der Waals surface area contributed by atoms with E-state index in [9.17, 15) is 14.7 Å². The monoisotopic (exact) mass is 257 g/mol. The molecule has 2 saturated heterocycles. The first-order chi connectivity index (χ1) is 8.03. The zero-order valence-electron chi connectivity index (χ0n) is 9.33. The van der Waals surface area contributed by atoms with Crippen LogP contribution in [0.2, 0.25) is 0 Å². The number of rotatable bonds is 3. The maximum absolute atomic E-state index is 11.4. The standard InChI is InChI=1S/C11H15NO4S/c1-2-3-11-4-5-17-7(11)6-12(10(15)16)8(11)9(13)14/h2,7-8H,1,3-6H2,(H,13,14)(H,15,16)/t7-,8+,11-/m0/s1. The van der Waals surface area contributed by atoms with E-state index in [-0.39, 0.29) is 5.25 Å². The minimum Gasteiger partial charge on any atom is -0.480 e. The van der Waals surface area contributed by atoms with E-state index in [1.807, 2.05) is 0 Å². The van der Waals surface area contributed by atoms with E-state index in [4.69, 9.17) is 5.11 Å². The Hall–Kier alpha value is -1.17. The molecule has 3 atom stereocenters. The molecule has 5 nitrogen and oxygen atoms in total. The first-order valence-corrected chi connectivity index (χ1v) is 6.52. The Morgan fingerprint density at radius 1 is 1.53 bits per heavy atom. The van der Waals surface area contributed by atoms with Crippen LogP contribution in [0, 0.1) is 5.41 Å². The number of nitrogens with zero attached hydrogens (tertiary/aromatic N) is 1. The summed E-state index contributed by atoms with van der Waals surface area (Å²) in [5.41, 5.74) is -0.462. The number of hydrogen-bond acceptors (Lipinski definition) is 3. The van der Waals surface area contributed by atoms with E-state index in [2.05, 4.69) is 6.58 Å². The summed E-state index contributed by atoms with van der Waals surface area (Å²) in [7, 11) is 0. The SMILES string of the molecule is C=CC[C@]12CCS[C@H]1CN(C(=O)O)[C@@H]2C(=O)O. The molecule has 2 heterocycles. The number of carboxylic acids is 1. The smallest absolute Gasteiger partial charge is 0.408 e. The molecule has 2 fully saturated rings. The predicted octanol–water partition coefficient (Wildman–Crippen LogP) is 1.50. The number of thioether (sulfide) groups is 1. The average Bonchev–Trinajstić information content (AvgIpc) is 2.71. The van der Waals surface area contributed by atoms with E-state index in [1.165, 1.54) is 0 Å². The fraction of sp³-hybridized carbons (Fsp3) is 0.636. The quantitative estimate of drug-likeness (QED) is 0.749. The van der Waals surface area contributed by atoms with Gasteiger partial charge in [-0.2, -0.15) is 11.8 Å². The number of amides is 1. The minimum atomic E-state index is -1.14. The molecule has 2 aliphatic heterocycles. The van der Waals surface area contributed by atoms with E-state index >= 15 is 0 Å². The summed E-state index contributed by atoms with van der Waals surface area (Å²) in [5.74, 6) is -0.144. The van der Waals surface area contributed by atoms with Crippen LogP contribution in [-0.4, -0.2) is 50.8 Å². The summed E-state index contributed by atoms with van der Waals surface area (Å²) >= 11 is 1.68. The summed E-state index contributed by atoms with van der Waals surface area (Å²) in [6.07, 6.45) is 1.87. The molecule has 2 aliphatic rings. The van der Waals surface area contributed by atoms with Crippen LogP contribution in [-0.2, 0) is 4.79 Å².